The average molecular weight is 772 g/mol. The van der Waals surface area contributed by atoms with Crippen molar-refractivity contribution in [1.82, 2.24) is 0 Å². The smallest absolute Gasteiger partial charge is 0.327 e. The fourth-order valence-electron chi connectivity index (χ4n) is 3.50. The molecule has 1 rings (SSSR count). The zero-order valence-corrected chi connectivity index (χ0v) is 36.5. The molecule has 1 aliphatic rings. The molecule has 0 aliphatic carbocycles. The molecule has 15 heteroatoms. The van der Waals surface area contributed by atoms with E-state index in [1.807, 2.05) is 0 Å². The van der Waals surface area contributed by atoms with E-state index >= 15 is 0 Å². The van der Waals surface area contributed by atoms with E-state index in [1.54, 1.807) is 0 Å². The third kappa shape index (κ3) is 11.6. The Morgan fingerprint density at radius 2 is 1.07 bits per heavy atom. The number of nitrogens with one attached hydrogen (secondary N) is 1. The summed E-state index contributed by atoms with van der Waals surface area (Å²) < 4.78 is 37.3. The van der Waals surface area contributed by atoms with Crippen molar-refractivity contribution in [3.05, 3.63) is 0 Å². The molecule has 1 heterocycles. The van der Waals surface area contributed by atoms with Crippen LogP contribution in [0, 0.1) is 5.41 Å². The number of carbonyl (C=O) groups is 1. The second-order valence-corrected chi connectivity index (χ2v) is 34.6. The van der Waals surface area contributed by atoms with Crippen molar-refractivity contribution in [1.29, 1.82) is 5.41 Å². The molecule has 0 spiro atoms. The number of ether oxygens (including phenoxy) is 3. The molecule has 0 aromatic heterocycles. The molecule has 1 N–H and O–H groups in total. The summed E-state index contributed by atoms with van der Waals surface area (Å²) in [6, 6.07) is 0. The number of carbonyl (C=O) groups excluding carboxylic acids is 1. The van der Waals surface area contributed by atoms with Crippen molar-refractivity contribution >= 4 is 83.2 Å². The molecule has 45 heavy (non-hydrogen) atoms. The van der Waals surface area contributed by atoms with E-state index in [0.29, 0.717) is 0 Å². The lowest BCUT2D eigenvalue weighted by molar-refractivity contribution is -0.280. The lowest BCUT2D eigenvalue weighted by Crippen LogP contribution is -2.68. The Balaban J connectivity index is 4.01. The predicted molar refractivity (Wildman–Crippen MR) is 195 cm³/mol. The summed E-state index contributed by atoms with van der Waals surface area (Å²) in [7, 11) is -7.35. The van der Waals surface area contributed by atoms with Crippen molar-refractivity contribution in [3.8, 4) is 0 Å². The topological polar surface area (TPSA) is 96.3 Å². The van der Waals surface area contributed by atoms with Crippen LogP contribution in [-0.4, -0.2) is 82.8 Å². The van der Waals surface area contributed by atoms with Crippen LogP contribution in [0.1, 0.15) is 76.2 Å². The van der Waals surface area contributed by atoms with E-state index in [1.165, 1.54) is 13.8 Å². The van der Waals surface area contributed by atoms with E-state index in [4.69, 9.17) is 79.3 Å². The highest BCUT2D eigenvalue weighted by Crippen LogP contribution is 2.45. The van der Waals surface area contributed by atoms with Crippen molar-refractivity contribution in [2.75, 3.05) is 6.61 Å². The van der Waals surface area contributed by atoms with Crippen LogP contribution in [0.5, 0.6) is 0 Å². The Bertz CT molecular complexity index is 1040. The van der Waals surface area contributed by atoms with Crippen LogP contribution in [0.2, 0.25) is 54.4 Å². The van der Waals surface area contributed by atoms with Crippen LogP contribution in [0.4, 0.5) is 0 Å². The summed E-state index contributed by atoms with van der Waals surface area (Å²) in [4.78, 5) is 12.0. The van der Waals surface area contributed by atoms with Crippen molar-refractivity contribution in [3.63, 3.8) is 0 Å². The highest BCUT2D eigenvalue weighted by molar-refractivity contribution is 6.76. The molecule has 266 valence electrons. The number of halogens is 4. The van der Waals surface area contributed by atoms with Gasteiger partial charge in [-0.3, -0.25) is 10.2 Å². The number of hydrogen-bond acceptors (Lipinski definition) is 8. The summed E-state index contributed by atoms with van der Waals surface area (Å²) in [6.07, 6.45) is -4.98. The molecular formula is C30H59Cl4NO7Si3. The van der Waals surface area contributed by atoms with Gasteiger partial charge in [-0.15, -0.1) is 11.6 Å². The molecule has 0 amide bonds. The standard InChI is InChI=1S/C30H59Cl4NO7Si3/c1-26(2,3)43(12,13)37-18-19-20(41-44(14,15)27(4,5)6)21(42-45(16,17)28(7,8)9)22(39-25(36)29(10,11)31)23(38-19)40-24(35)30(32,33)34/h19-23,35H,18H2,1-17H3/t19?,20-,21?,22?,23+/m0/s1. The lowest BCUT2D eigenvalue weighted by Gasteiger charge is -2.52. The molecule has 0 saturated carbocycles. The van der Waals surface area contributed by atoms with Gasteiger partial charge in [-0.05, 0) is 68.2 Å². The summed E-state index contributed by atoms with van der Waals surface area (Å²) in [5.74, 6) is -1.42. The van der Waals surface area contributed by atoms with Gasteiger partial charge in [-0.25, -0.2) is 0 Å². The first-order valence-corrected chi connectivity index (χ1v) is 25.7. The Kier molecular flexibility index (Phi) is 14.0. The van der Waals surface area contributed by atoms with Gasteiger partial charge in [0, 0.05) is 0 Å². The molecule has 1 fully saturated rings. The highest BCUT2D eigenvalue weighted by Gasteiger charge is 2.57. The number of alkyl halides is 4. The number of rotatable bonds is 10. The van der Waals surface area contributed by atoms with E-state index in [0.717, 1.165) is 0 Å². The Morgan fingerprint density at radius 1 is 0.667 bits per heavy atom. The number of esters is 1. The van der Waals surface area contributed by atoms with Gasteiger partial charge >= 0.3 is 5.97 Å². The van der Waals surface area contributed by atoms with E-state index < -0.39 is 76.2 Å². The first-order valence-electron chi connectivity index (χ1n) is 15.4. The Labute approximate surface area is 296 Å². The molecule has 5 atom stereocenters. The Hall–Kier alpha value is 0.591. The van der Waals surface area contributed by atoms with Crippen LogP contribution in [0.25, 0.3) is 0 Å². The minimum absolute atomic E-state index is 0.0774. The van der Waals surface area contributed by atoms with E-state index in [2.05, 4.69) is 102 Å². The maximum absolute atomic E-state index is 13.4. The van der Waals surface area contributed by atoms with E-state index in [-0.39, 0.29) is 21.7 Å². The largest absolute Gasteiger partial charge is 0.452 e. The predicted octanol–water partition coefficient (Wildman–Crippen LogP) is 9.81. The van der Waals surface area contributed by atoms with Crippen molar-refractivity contribution in [2.45, 2.75) is 170 Å². The van der Waals surface area contributed by atoms with Crippen LogP contribution in [0.15, 0.2) is 0 Å². The molecule has 0 bridgehead atoms. The summed E-state index contributed by atoms with van der Waals surface area (Å²) in [6.45, 7) is 35.3. The minimum Gasteiger partial charge on any atom is -0.452 e. The van der Waals surface area contributed by atoms with Gasteiger partial charge in [0.05, 0.1) is 6.61 Å². The van der Waals surface area contributed by atoms with Crippen LogP contribution in [-0.2, 0) is 32.3 Å². The van der Waals surface area contributed by atoms with Gasteiger partial charge in [0.2, 0.25) is 12.2 Å². The molecule has 0 radical (unpaired) electrons. The van der Waals surface area contributed by atoms with Crippen LogP contribution in [0.3, 0.4) is 0 Å². The second-order valence-electron chi connectivity index (χ2n) is 17.1. The van der Waals surface area contributed by atoms with Gasteiger partial charge in [0.1, 0.15) is 23.2 Å². The van der Waals surface area contributed by atoms with Gasteiger partial charge < -0.3 is 27.5 Å². The van der Waals surface area contributed by atoms with Crippen molar-refractivity contribution in [2.24, 2.45) is 0 Å². The molecule has 1 aliphatic heterocycles. The van der Waals surface area contributed by atoms with E-state index in [9.17, 15) is 4.79 Å². The summed E-state index contributed by atoms with van der Waals surface area (Å²) in [5, 5.41) is 7.93. The van der Waals surface area contributed by atoms with Crippen LogP contribution >= 0.6 is 46.4 Å². The molecule has 3 unspecified atom stereocenters. The third-order valence-electron chi connectivity index (χ3n) is 9.70. The lowest BCUT2D eigenvalue weighted by atomic mass is 9.99. The molecule has 0 aromatic rings. The van der Waals surface area contributed by atoms with Gasteiger partial charge in [0.15, 0.2) is 31.1 Å². The molecule has 0 aromatic carbocycles. The second kappa shape index (κ2) is 14.4. The van der Waals surface area contributed by atoms with Gasteiger partial charge in [0.25, 0.3) is 3.79 Å². The first-order chi connectivity index (χ1) is 19.6. The maximum Gasteiger partial charge on any atom is 0.327 e. The summed E-state index contributed by atoms with van der Waals surface area (Å²) in [5.41, 5.74) is 0. The monoisotopic (exact) mass is 769 g/mol. The van der Waals surface area contributed by atoms with Gasteiger partial charge in [-0.2, -0.15) is 0 Å². The first kappa shape index (κ1) is 43.6. The van der Waals surface area contributed by atoms with Crippen LogP contribution < -0.4 is 0 Å². The molecule has 1 saturated heterocycles. The zero-order valence-electron chi connectivity index (χ0n) is 30.5. The summed E-state index contributed by atoms with van der Waals surface area (Å²) >= 11 is 24.5. The number of hydrogen-bond donors (Lipinski definition) is 1. The van der Waals surface area contributed by atoms with Crippen molar-refractivity contribution < 1.29 is 32.3 Å². The quantitative estimate of drug-likeness (QED) is 0.0777. The minimum atomic E-state index is -2.58. The van der Waals surface area contributed by atoms with Gasteiger partial charge in [-0.1, -0.05) is 97.1 Å². The zero-order chi connectivity index (χ0) is 36.0. The third-order valence-corrected chi connectivity index (χ3v) is 23.8. The normalized spacial score (nSPS) is 24.8. The maximum atomic E-state index is 13.4. The SMILES string of the molecule is CC(C)(Cl)C(=O)OC1C(O[Si](C)(C)C(C)(C)C)[C@@H](O[Si](C)(C)C(C)(C)C)C(CO[Si](C)(C)C(C)(C)C)O[C@@H]1OC(=N)C(Cl)(Cl)Cl. The average Bonchev–Trinajstić information content (AvgIpc) is 2.77. The molecular weight excluding hydrogens is 712 g/mol. The highest BCUT2D eigenvalue weighted by atomic mass is 35.6. The molecule has 8 nitrogen and oxygen atoms in total. The fourth-order valence-corrected chi connectivity index (χ4v) is 7.31. The fraction of sp³-hybridized carbons (Fsp3) is 0.933. The Morgan fingerprint density at radius 3 is 1.42 bits per heavy atom.